The van der Waals surface area contributed by atoms with E-state index < -0.39 is 24.1 Å². The first-order chi connectivity index (χ1) is 17.4. The summed E-state index contributed by atoms with van der Waals surface area (Å²) < 4.78 is 5.94. The average Bonchev–Trinajstić information content (AvgIpc) is 3.30. The number of carboxylic acid groups (broad SMARTS) is 1. The summed E-state index contributed by atoms with van der Waals surface area (Å²) in [5.74, 6) is -2.39. The molecule has 4 aliphatic heterocycles. The summed E-state index contributed by atoms with van der Waals surface area (Å²) in [4.78, 5) is 55.8. The molecule has 11 nitrogen and oxygen atoms in total. The molecule has 3 fully saturated rings. The summed E-state index contributed by atoms with van der Waals surface area (Å²) in [5, 5.41) is 19.9. The number of aliphatic carboxylic acids is 1. The van der Waals surface area contributed by atoms with Crippen molar-refractivity contribution >= 4 is 35.6 Å². The molecule has 0 saturated carbocycles. The number of halogens is 1. The number of likely N-dealkylation sites (N-methyl/N-ethyl adjacent to an activating group) is 1. The first-order valence-electron chi connectivity index (χ1n) is 12.7. The third-order valence-corrected chi connectivity index (χ3v) is 9.36. The number of ether oxygens (including phenoxy) is 1. The number of hydrogen-bond donors (Lipinski definition) is 2. The number of amides is 3. The van der Waals surface area contributed by atoms with E-state index in [1.165, 1.54) is 22.7 Å². The van der Waals surface area contributed by atoms with Gasteiger partial charge in [-0.3, -0.25) is 9.59 Å². The van der Waals surface area contributed by atoms with E-state index in [1.807, 2.05) is 21.0 Å². The number of hydrogen-bond acceptors (Lipinski definition) is 7. The van der Waals surface area contributed by atoms with Crippen LogP contribution in [0.2, 0.25) is 0 Å². The lowest BCUT2D eigenvalue weighted by atomic mass is 9.79. The van der Waals surface area contributed by atoms with Gasteiger partial charge in [0.05, 0.1) is 51.3 Å². The molecule has 6 atom stereocenters. The number of aliphatic hydroxyl groups is 1. The number of nitrogens with zero attached hydrogens (tertiary/aromatic N) is 4. The Morgan fingerprint density at radius 1 is 1.32 bits per heavy atom. The highest BCUT2D eigenvalue weighted by molar-refractivity contribution is 8.03. The maximum Gasteiger partial charge on any atom is 0.410 e. The number of likely N-dealkylation sites (tertiary alicyclic amines) is 1. The number of piperazine rings is 1. The molecule has 0 unspecified atom stereocenters. The second kappa shape index (κ2) is 11.7. The summed E-state index contributed by atoms with van der Waals surface area (Å²) in [6.45, 7) is 9.62. The van der Waals surface area contributed by atoms with Crippen LogP contribution < -0.4 is 24.0 Å². The van der Waals surface area contributed by atoms with Gasteiger partial charge in [-0.1, -0.05) is 19.6 Å². The number of carboxylic acids is 1. The Kier molecular flexibility index (Phi) is 9.47. The molecule has 0 bridgehead atoms. The molecule has 212 valence electrons. The van der Waals surface area contributed by atoms with Crippen molar-refractivity contribution in [2.45, 2.75) is 43.7 Å². The van der Waals surface area contributed by atoms with Gasteiger partial charge in [0.25, 0.3) is 5.91 Å². The van der Waals surface area contributed by atoms with E-state index in [4.69, 9.17) is 4.74 Å². The minimum Gasteiger partial charge on any atom is -1.00 e. The van der Waals surface area contributed by atoms with Crippen molar-refractivity contribution < 1.29 is 62.6 Å². The van der Waals surface area contributed by atoms with E-state index in [2.05, 4.69) is 6.58 Å². The van der Waals surface area contributed by atoms with Crippen molar-refractivity contribution in [3.63, 3.8) is 0 Å². The molecule has 13 heteroatoms. The van der Waals surface area contributed by atoms with Gasteiger partial charge < -0.3 is 58.1 Å². The Morgan fingerprint density at radius 2 is 2.00 bits per heavy atom. The predicted molar refractivity (Wildman–Crippen MR) is 136 cm³/mol. The van der Waals surface area contributed by atoms with Gasteiger partial charge in [-0.05, 0) is 13.3 Å². The van der Waals surface area contributed by atoms with Crippen molar-refractivity contribution in [1.82, 2.24) is 14.7 Å². The van der Waals surface area contributed by atoms with Crippen LogP contribution in [-0.2, 0) is 19.1 Å². The number of aliphatic hydroxyl groups excluding tert-OH is 1. The highest BCUT2D eigenvalue weighted by Gasteiger charge is 2.60. The molecular formula is C25H37IN4O7S. The van der Waals surface area contributed by atoms with Gasteiger partial charge in [-0.25, -0.2) is 9.59 Å². The first-order valence-corrected chi connectivity index (χ1v) is 13.5. The van der Waals surface area contributed by atoms with Gasteiger partial charge in [0, 0.05) is 29.2 Å². The maximum atomic E-state index is 12.9. The van der Waals surface area contributed by atoms with Gasteiger partial charge in [-0.2, -0.15) is 0 Å². The predicted octanol–water partition coefficient (Wildman–Crippen LogP) is -2.44. The molecule has 0 radical (unpaired) electrons. The zero-order chi connectivity index (χ0) is 27.2. The molecule has 3 amide bonds. The Bertz CT molecular complexity index is 1040. The van der Waals surface area contributed by atoms with Gasteiger partial charge in [0.15, 0.2) is 6.54 Å². The summed E-state index contributed by atoms with van der Waals surface area (Å²) in [6.07, 6.45) is 0.686. The maximum absolute atomic E-state index is 12.9. The summed E-state index contributed by atoms with van der Waals surface area (Å²) in [6, 6.07) is -0.665. The smallest absolute Gasteiger partial charge is 0.410 e. The molecular weight excluding hydrogens is 627 g/mol. The third kappa shape index (κ3) is 5.70. The van der Waals surface area contributed by atoms with Crippen LogP contribution in [0.3, 0.4) is 0 Å². The quantitative estimate of drug-likeness (QED) is 0.127. The lowest BCUT2D eigenvalue weighted by Gasteiger charge is -2.46. The Morgan fingerprint density at radius 3 is 2.58 bits per heavy atom. The number of fused-ring (bicyclic) bond motifs is 1. The van der Waals surface area contributed by atoms with Crippen molar-refractivity contribution in [2.75, 3.05) is 53.4 Å². The fourth-order valence-electron chi connectivity index (χ4n) is 5.94. The molecule has 2 N–H and O–H groups in total. The molecule has 0 aromatic carbocycles. The Hall–Kier alpha value is -1.84. The molecule has 3 saturated heterocycles. The summed E-state index contributed by atoms with van der Waals surface area (Å²) >= 11 is 1.38. The minimum absolute atomic E-state index is 0. The first kappa shape index (κ1) is 30.7. The van der Waals surface area contributed by atoms with E-state index >= 15 is 0 Å². The normalized spacial score (nSPS) is 31.0. The summed E-state index contributed by atoms with van der Waals surface area (Å²) in [7, 11) is 4.03. The van der Waals surface area contributed by atoms with E-state index in [1.54, 1.807) is 16.7 Å². The minimum atomic E-state index is -1.18. The van der Waals surface area contributed by atoms with Crippen LogP contribution in [0.5, 0.6) is 0 Å². The van der Waals surface area contributed by atoms with Crippen LogP contribution in [0.25, 0.3) is 0 Å². The van der Waals surface area contributed by atoms with Gasteiger partial charge >= 0.3 is 12.1 Å². The van der Waals surface area contributed by atoms with E-state index in [0.717, 1.165) is 6.54 Å². The molecule has 4 heterocycles. The monoisotopic (exact) mass is 664 g/mol. The molecule has 0 aromatic rings. The Labute approximate surface area is 244 Å². The topological polar surface area (TPSA) is 128 Å². The largest absolute Gasteiger partial charge is 1.00 e. The zero-order valence-electron chi connectivity index (χ0n) is 22.2. The SMILES string of the molecule is C=CCOC(=O)N1C[C@@H](SC2=C(C(=O)O)N3C(=O)[C@H]([C@@H](C)O)[C@H]3[C@H]2C)C[C@H]1CN1CC[N+](C)(C)CC1=O.[I-]. The van der Waals surface area contributed by atoms with Crippen LogP contribution >= 0.6 is 11.8 Å². The third-order valence-electron chi connectivity index (χ3n) is 7.86. The van der Waals surface area contributed by atoms with E-state index in [0.29, 0.717) is 42.0 Å². The molecule has 4 rings (SSSR count). The number of rotatable bonds is 8. The molecule has 0 aromatic heterocycles. The summed E-state index contributed by atoms with van der Waals surface area (Å²) in [5.41, 5.74) is -0.0279. The Balaban J connectivity index is 0.00000400. The van der Waals surface area contributed by atoms with E-state index in [-0.39, 0.29) is 71.3 Å². The standard InChI is InChI=1S/C25H36N4O7S.HI/c1-6-9-36-25(35)27-12-17(10-16(27)11-26-7-8-29(4,5)13-18(26)31)37-22-14(2)20-19(15(3)30)23(32)28(20)21(22)24(33)34;/h6,14-17,19-20,30H,1,7-13H2,2-5H3;1H/t14-,15-,16+,17+,19-,20-;/m1./s1. The molecule has 0 spiro atoms. The van der Waals surface area contributed by atoms with Gasteiger partial charge in [0.1, 0.15) is 12.3 Å². The average molecular weight is 665 g/mol. The van der Waals surface area contributed by atoms with Crippen LogP contribution in [0.1, 0.15) is 20.3 Å². The van der Waals surface area contributed by atoms with Crippen LogP contribution in [-0.4, -0.2) is 130 Å². The van der Waals surface area contributed by atoms with Crippen LogP contribution in [0, 0.1) is 11.8 Å². The highest BCUT2D eigenvalue weighted by Crippen LogP contribution is 2.52. The number of carbonyl (C=O) groups excluding carboxylic acids is 3. The van der Waals surface area contributed by atoms with Crippen molar-refractivity contribution in [2.24, 2.45) is 11.8 Å². The fraction of sp³-hybridized carbons (Fsp3) is 0.680. The van der Waals surface area contributed by atoms with Crippen molar-refractivity contribution in [3.8, 4) is 0 Å². The van der Waals surface area contributed by atoms with Crippen molar-refractivity contribution in [3.05, 3.63) is 23.3 Å². The van der Waals surface area contributed by atoms with Crippen LogP contribution in [0.15, 0.2) is 23.3 Å². The molecule has 38 heavy (non-hydrogen) atoms. The lowest BCUT2D eigenvalue weighted by molar-refractivity contribution is -0.885. The van der Waals surface area contributed by atoms with Gasteiger partial charge in [0.2, 0.25) is 5.91 Å². The van der Waals surface area contributed by atoms with Gasteiger partial charge in [-0.15, -0.1) is 11.8 Å². The fourth-order valence-corrected chi connectivity index (χ4v) is 7.50. The zero-order valence-corrected chi connectivity index (χ0v) is 25.2. The second-order valence-corrected chi connectivity index (χ2v) is 12.4. The number of carbonyl (C=O) groups is 4. The van der Waals surface area contributed by atoms with Crippen LogP contribution in [0.4, 0.5) is 4.79 Å². The number of β-lactam (4-membered cyclic amide) rings is 1. The lowest BCUT2D eigenvalue weighted by Crippen LogP contribution is -3.00. The van der Waals surface area contributed by atoms with Crippen molar-refractivity contribution in [1.29, 1.82) is 0 Å². The molecule has 4 aliphatic rings. The number of thioether (sulfide) groups is 1. The highest BCUT2D eigenvalue weighted by atomic mass is 127. The number of quaternary nitrogens is 1. The van der Waals surface area contributed by atoms with E-state index in [9.17, 15) is 29.4 Å². The molecule has 0 aliphatic carbocycles. The second-order valence-electron chi connectivity index (χ2n) is 11.1.